The topological polar surface area (TPSA) is 106 Å². The van der Waals surface area contributed by atoms with Crippen molar-refractivity contribution in [3.05, 3.63) is 63.3 Å². The van der Waals surface area contributed by atoms with E-state index < -0.39 is 17.2 Å². The second-order valence-corrected chi connectivity index (χ2v) is 8.93. The standard InChI is InChI=1S/C23H25N5O4S/c1-3-11-27-21(31)19-20(25-22(33-19)26-12-5-4-6-13-26)28(23(27)32)14-18(30)24-17-9-7-16(8-10-17)15(2)29/h3,7-10H,1,4-6,11-14H2,2H3,(H,24,30). The van der Waals surface area contributed by atoms with Crippen molar-refractivity contribution in [2.45, 2.75) is 39.3 Å². The van der Waals surface area contributed by atoms with E-state index in [1.54, 1.807) is 24.3 Å². The number of benzene rings is 1. The van der Waals surface area contributed by atoms with Gasteiger partial charge < -0.3 is 10.2 Å². The third-order valence-electron chi connectivity index (χ3n) is 5.57. The van der Waals surface area contributed by atoms with Crippen LogP contribution < -0.4 is 21.5 Å². The van der Waals surface area contributed by atoms with Crippen molar-refractivity contribution >= 4 is 44.2 Å². The molecule has 33 heavy (non-hydrogen) atoms. The summed E-state index contributed by atoms with van der Waals surface area (Å²) in [4.78, 5) is 57.0. The molecular weight excluding hydrogens is 442 g/mol. The maximum Gasteiger partial charge on any atom is 0.333 e. The van der Waals surface area contributed by atoms with Crippen LogP contribution in [-0.2, 0) is 17.9 Å². The Kier molecular flexibility index (Phi) is 6.55. The van der Waals surface area contributed by atoms with Gasteiger partial charge in [0.1, 0.15) is 11.2 Å². The van der Waals surface area contributed by atoms with Crippen LogP contribution in [0.4, 0.5) is 10.8 Å². The number of hydrogen-bond donors (Lipinski definition) is 1. The number of allylic oxidation sites excluding steroid dienone is 1. The minimum absolute atomic E-state index is 0.0404. The van der Waals surface area contributed by atoms with Gasteiger partial charge >= 0.3 is 5.69 Å². The molecule has 10 heteroatoms. The predicted molar refractivity (Wildman–Crippen MR) is 129 cm³/mol. The minimum atomic E-state index is -0.607. The van der Waals surface area contributed by atoms with Crippen molar-refractivity contribution in [2.24, 2.45) is 0 Å². The molecular formula is C23H25N5O4S. The number of ketones is 1. The minimum Gasteiger partial charge on any atom is -0.348 e. The molecule has 1 aliphatic rings. The van der Waals surface area contributed by atoms with Crippen molar-refractivity contribution in [2.75, 3.05) is 23.3 Å². The van der Waals surface area contributed by atoms with Gasteiger partial charge in [-0.25, -0.2) is 9.78 Å². The number of amides is 1. The highest BCUT2D eigenvalue weighted by molar-refractivity contribution is 7.22. The van der Waals surface area contributed by atoms with E-state index in [-0.39, 0.29) is 24.5 Å². The van der Waals surface area contributed by atoms with Gasteiger partial charge in [-0.2, -0.15) is 0 Å². The summed E-state index contributed by atoms with van der Waals surface area (Å²) >= 11 is 1.25. The molecule has 2 aromatic heterocycles. The number of nitrogens with zero attached hydrogens (tertiary/aromatic N) is 4. The summed E-state index contributed by atoms with van der Waals surface area (Å²) in [7, 11) is 0. The molecule has 0 bridgehead atoms. The summed E-state index contributed by atoms with van der Waals surface area (Å²) in [5.74, 6) is -0.510. The van der Waals surface area contributed by atoms with Crippen LogP contribution in [0, 0.1) is 0 Å². The van der Waals surface area contributed by atoms with Crippen molar-refractivity contribution in [1.82, 2.24) is 14.1 Å². The van der Waals surface area contributed by atoms with Crippen LogP contribution in [0.3, 0.4) is 0 Å². The molecule has 3 aromatic rings. The Morgan fingerprint density at radius 3 is 2.45 bits per heavy atom. The number of carbonyl (C=O) groups excluding carboxylic acids is 2. The second kappa shape index (κ2) is 9.53. The van der Waals surface area contributed by atoms with Gasteiger partial charge in [-0.05, 0) is 50.5 Å². The molecule has 3 heterocycles. The first-order chi connectivity index (χ1) is 15.9. The van der Waals surface area contributed by atoms with Crippen molar-refractivity contribution in [1.29, 1.82) is 0 Å². The number of fused-ring (bicyclic) bond motifs is 1. The van der Waals surface area contributed by atoms with Gasteiger partial charge in [0.2, 0.25) is 5.91 Å². The number of aromatic nitrogens is 3. The number of thiazole rings is 1. The van der Waals surface area contributed by atoms with Crippen molar-refractivity contribution in [3.63, 3.8) is 0 Å². The first kappa shape index (κ1) is 22.7. The molecule has 1 N–H and O–H groups in total. The first-order valence-corrected chi connectivity index (χ1v) is 11.6. The fourth-order valence-electron chi connectivity index (χ4n) is 3.85. The van der Waals surface area contributed by atoms with E-state index >= 15 is 0 Å². The average molecular weight is 468 g/mol. The highest BCUT2D eigenvalue weighted by Gasteiger charge is 2.22. The fraction of sp³-hybridized carbons (Fsp3) is 0.348. The molecule has 0 spiro atoms. The Labute approximate surface area is 194 Å². The number of Topliss-reactive ketones (excluding diaryl/α,β-unsaturated/α-hetero) is 1. The summed E-state index contributed by atoms with van der Waals surface area (Å²) in [6, 6.07) is 6.50. The quantitative estimate of drug-likeness (QED) is 0.423. The lowest BCUT2D eigenvalue weighted by Gasteiger charge is -2.25. The van der Waals surface area contributed by atoms with E-state index in [9.17, 15) is 19.2 Å². The molecule has 9 nitrogen and oxygen atoms in total. The maximum atomic E-state index is 13.1. The number of rotatable bonds is 7. The van der Waals surface area contributed by atoms with Gasteiger partial charge in [-0.1, -0.05) is 17.4 Å². The largest absolute Gasteiger partial charge is 0.348 e. The van der Waals surface area contributed by atoms with E-state index in [0.29, 0.717) is 21.1 Å². The lowest BCUT2D eigenvalue weighted by molar-refractivity contribution is -0.116. The Morgan fingerprint density at radius 1 is 1.12 bits per heavy atom. The zero-order chi connectivity index (χ0) is 23.5. The van der Waals surface area contributed by atoms with Gasteiger partial charge in [-0.3, -0.25) is 23.5 Å². The van der Waals surface area contributed by atoms with Crippen LogP contribution in [0.2, 0.25) is 0 Å². The number of piperidine rings is 1. The van der Waals surface area contributed by atoms with Gasteiger partial charge in [0.05, 0.1) is 0 Å². The summed E-state index contributed by atoms with van der Waals surface area (Å²) in [5.41, 5.74) is 0.228. The summed E-state index contributed by atoms with van der Waals surface area (Å²) in [5, 5.41) is 3.42. The number of carbonyl (C=O) groups is 2. The molecule has 1 saturated heterocycles. The van der Waals surface area contributed by atoms with E-state index in [2.05, 4.69) is 21.8 Å². The molecule has 1 aromatic carbocycles. The monoisotopic (exact) mass is 467 g/mol. The third kappa shape index (κ3) is 4.65. The van der Waals surface area contributed by atoms with Crippen LogP contribution in [0.1, 0.15) is 36.5 Å². The SMILES string of the molecule is C=CCn1c(=O)c2sc(N3CCCCC3)nc2n(CC(=O)Nc2ccc(C(C)=O)cc2)c1=O. The predicted octanol–water partition coefficient (Wildman–Crippen LogP) is 2.64. The third-order valence-corrected chi connectivity index (χ3v) is 6.66. The Balaban J connectivity index is 1.70. The van der Waals surface area contributed by atoms with Crippen molar-refractivity contribution in [3.8, 4) is 0 Å². The van der Waals surface area contributed by atoms with E-state index in [1.165, 1.54) is 28.9 Å². The molecule has 0 unspecified atom stereocenters. The van der Waals surface area contributed by atoms with Gasteiger partial charge in [0.25, 0.3) is 5.56 Å². The zero-order valence-corrected chi connectivity index (χ0v) is 19.2. The van der Waals surface area contributed by atoms with E-state index in [4.69, 9.17) is 0 Å². The van der Waals surface area contributed by atoms with Crippen LogP contribution >= 0.6 is 11.3 Å². The van der Waals surface area contributed by atoms with Crippen molar-refractivity contribution < 1.29 is 9.59 Å². The van der Waals surface area contributed by atoms with Crippen LogP contribution in [0.25, 0.3) is 10.3 Å². The molecule has 0 atom stereocenters. The summed E-state index contributed by atoms with van der Waals surface area (Å²) in [6.45, 7) is 6.54. The maximum absolute atomic E-state index is 13.1. The summed E-state index contributed by atoms with van der Waals surface area (Å²) < 4.78 is 2.65. The fourth-order valence-corrected chi connectivity index (χ4v) is 4.93. The second-order valence-electron chi connectivity index (χ2n) is 7.95. The lowest BCUT2D eigenvalue weighted by Crippen LogP contribution is -2.41. The molecule has 0 saturated carbocycles. The molecule has 0 aliphatic carbocycles. The first-order valence-electron chi connectivity index (χ1n) is 10.8. The smallest absolute Gasteiger partial charge is 0.333 e. The van der Waals surface area contributed by atoms with Gasteiger partial charge in [-0.15, -0.1) is 6.58 Å². The number of hydrogen-bond acceptors (Lipinski definition) is 7. The van der Waals surface area contributed by atoms with Gasteiger partial charge in [0.15, 0.2) is 16.6 Å². The Morgan fingerprint density at radius 2 is 1.82 bits per heavy atom. The zero-order valence-electron chi connectivity index (χ0n) is 18.4. The van der Waals surface area contributed by atoms with Gasteiger partial charge in [0, 0.05) is 30.9 Å². The van der Waals surface area contributed by atoms with E-state index in [0.717, 1.165) is 36.9 Å². The normalized spacial score (nSPS) is 13.8. The average Bonchev–Trinajstić information content (AvgIpc) is 3.26. The number of anilines is 2. The molecule has 0 radical (unpaired) electrons. The molecule has 1 amide bonds. The Hall–Kier alpha value is -3.53. The highest BCUT2D eigenvalue weighted by Crippen LogP contribution is 2.28. The number of nitrogens with one attached hydrogen (secondary N) is 1. The van der Waals surface area contributed by atoms with E-state index in [1.807, 2.05) is 0 Å². The molecule has 1 fully saturated rings. The van der Waals surface area contributed by atoms with Crippen LogP contribution in [-0.4, -0.2) is 38.9 Å². The Bertz CT molecular complexity index is 1330. The molecule has 1 aliphatic heterocycles. The molecule has 172 valence electrons. The molecule has 4 rings (SSSR count). The summed E-state index contributed by atoms with van der Waals surface area (Å²) in [6.07, 6.45) is 4.73. The van der Waals surface area contributed by atoms with Crippen LogP contribution in [0.15, 0.2) is 46.5 Å². The van der Waals surface area contributed by atoms with Crippen LogP contribution in [0.5, 0.6) is 0 Å². The highest BCUT2D eigenvalue weighted by atomic mass is 32.1. The lowest BCUT2D eigenvalue weighted by atomic mass is 10.1.